The van der Waals surface area contributed by atoms with Crippen molar-refractivity contribution in [3.05, 3.63) is 71.1 Å². The molecule has 172 valence electrons. The maximum Gasteiger partial charge on any atom is 0.243 e. The lowest BCUT2D eigenvalue weighted by molar-refractivity contribution is -0.120. The quantitative estimate of drug-likeness (QED) is 0.537. The average molecular weight is 481 g/mol. The van der Waals surface area contributed by atoms with E-state index in [9.17, 15) is 13.2 Å². The molecule has 0 bridgehead atoms. The SMILES string of the molecule is O=C(Nc1ccccc1-c1cccs1)C1CCN(S(=O)(=O)c2ccc3c(c2)CCCC3)CC1. The fourth-order valence-corrected chi connectivity index (χ4v) is 7.14. The van der Waals surface area contributed by atoms with E-state index in [4.69, 9.17) is 0 Å². The summed E-state index contributed by atoms with van der Waals surface area (Å²) in [6, 6.07) is 17.4. The molecule has 0 saturated carbocycles. The zero-order chi connectivity index (χ0) is 22.8. The Hall–Kier alpha value is -2.48. The van der Waals surface area contributed by atoms with Gasteiger partial charge in [-0.3, -0.25) is 4.79 Å². The summed E-state index contributed by atoms with van der Waals surface area (Å²) >= 11 is 1.64. The Morgan fingerprint density at radius 2 is 1.70 bits per heavy atom. The molecule has 1 N–H and O–H groups in total. The lowest BCUT2D eigenvalue weighted by atomic mass is 9.92. The van der Waals surface area contributed by atoms with Crippen molar-refractivity contribution in [3.8, 4) is 10.4 Å². The molecule has 1 amide bonds. The molecule has 7 heteroatoms. The van der Waals surface area contributed by atoms with Crippen molar-refractivity contribution in [1.29, 1.82) is 0 Å². The van der Waals surface area contributed by atoms with Gasteiger partial charge >= 0.3 is 0 Å². The van der Waals surface area contributed by atoms with Crippen LogP contribution in [0, 0.1) is 5.92 Å². The average Bonchev–Trinajstić information content (AvgIpc) is 3.39. The maximum atomic E-state index is 13.2. The van der Waals surface area contributed by atoms with Gasteiger partial charge in [-0.1, -0.05) is 30.3 Å². The van der Waals surface area contributed by atoms with Crippen LogP contribution >= 0.6 is 11.3 Å². The van der Waals surface area contributed by atoms with E-state index in [0.717, 1.165) is 35.4 Å². The molecule has 2 heterocycles. The van der Waals surface area contributed by atoms with Gasteiger partial charge in [-0.15, -0.1) is 11.3 Å². The van der Waals surface area contributed by atoms with Crippen LogP contribution < -0.4 is 5.32 Å². The van der Waals surface area contributed by atoms with Crippen LogP contribution in [0.2, 0.25) is 0 Å². The topological polar surface area (TPSA) is 66.5 Å². The van der Waals surface area contributed by atoms with Gasteiger partial charge in [0.1, 0.15) is 0 Å². The van der Waals surface area contributed by atoms with Crippen molar-refractivity contribution in [2.45, 2.75) is 43.4 Å². The number of piperidine rings is 1. The predicted molar refractivity (Wildman–Crippen MR) is 133 cm³/mol. The number of carbonyl (C=O) groups excluding carboxylic acids is 1. The Labute approximate surface area is 199 Å². The van der Waals surface area contributed by atoms with Crippen LogP contribution in [0.1, 0.15) is 36.8 Å². The summed E-state index contributed by atoms with van der Waals surface area (Å²) in [7, 11) is -3.54. The number of nitrogens with zero attached hydrogens (tertiary/aromatic N) is 1. The molecule has 1 aliphatic carbocycles. The van der Waals surface area contributed by atoms with Crippen LogP contribution in [-0.4, -0.2) is 31.7 Å². The fraction of sp³-hybridized carbons (Fsp3) is 0.346. The Kier molecular flexibility index (Phi) is 6.36. The number of sulfonamides is 1. The van der Waals surface area contributed by atoms with E-state index in [-0.39, 0.29) is 11.8 Å². The minimum absolute atomic E-state index is 0.0372. The van der Waals surface area contributed by atoms with E-state index in [2.05, 4.69) is 5.32 Å². The Morgan fingerprint density at radius 1 is 0.939 bits per heavy atom. The number of hydrogen-bond donors (Lipinski definition) is 1. The monoisotopic (exact) mass is 480 g/mol. The predicted octanol–water partition coefficient (Wildman–Crippen LogP) is 5.33. The van der Waals surface area contributed by atoms with Gasteiger partial charge in [0, 0.05) is 35.1 Å². The molecule has 2 aliphatic rings. The van der Waals surface area contributed by atoms with Crippen molar-refractivity contribution in [3.63, 3.8) is 0 Å². The molecule has 1 aliphatic heterocycles. The summed E-state index contributed by atoms with van der Waals surface area (Å²) in [5.74, 6) is -0.235. The van der Waals surface area contributed by atoms with Crippen LogP contribution in [0.3, 0.4) is 0 Å². The molecule has 0 atom stereocenters. The largest absolute Gasteiger partial charge is 0.325 e. The molecule has 1 aromatic heterocycles. The molecule has 2 aromatic carbocycles. The fourth-order valence-electron chi connectivity index (χ4n) is 4.85. The summed E-state index contributed by atoms with van der Waals surface area (Å²) in [6.45, 7) is 0.730. The third kappa shape index (κ3) is 4.63. The molecule has 1 fully saturated rings. The normalized spacial score (nSPS) is 17.5. The summed E-state index contributed by atoms with van der Waals surface area (Å²) in [4.78, 5) is 14.5. The third-order valence-corrected chi connectivity index (χ3v) is 9.55. The number of carbonyl (C=O) groups is 1. The Bertz CT molecular complexity index is 1240. The summed E-state index contributed by atoms with van der Waals surface area (Å²) < 4.78 is 28.0. The Balaban J connectivity index is 1.25. The molecular formula is C26H28N2O3S2. The van der Waals surface area contributed by atoms with E-state index in [0.29, 0.717) is 30.8 Å². The van der Waals surface area contributed by atoms with E-state index in [1.54, 1.807) is 21.7 Å². The number of hydrogen-bond acceptors (Lipinski definition) is 4. The summed E-state index contributed by atoms with van der Waals surface area (Å²) in [6.07, 6.45) is 5.33. The first-order valence-electron chi connectivity index (χ1n) is 11.6. The lowest BCUT2D eigenvalue weighted by Crippen LogP contribution is -2.41. The van der Waals surface area contributed by atoms with Crippen LogP contribution in [0.15, 0.2) is 64.9 Å². The zero-order valence-electron chi connectivity index (χ0n) is 18.5. The van der Waals surface area contributed by atoms with E-state index >= 15 is 0 Å². The minimum Gasteiger partial charge on any atom is -0.325 e. The van der Waals surface area contributed by atoms with Crippen LogP contribution in [0.5, 0.6) is 0 Å². The Morgan fingerprint density at radius 3 is 2.45 bits per heavy atom. The first-order valence-corrected chi connectivity index (χ1v) is 13.9. The first kappa shape index (κ1) is 22.3. The summed E-state index contributed by atoms with van der Waals surface area (Å²) in [5, 5.41) is 5.11. The van der Waals surface area contributed by atoms with Gasteiger partial charge in [-0.2, -0.15) is 4.31 Å². The van der Waals surface area contributed by atoms with Crippen LogP contribution in [0.4, 0.5) is 5.69 Å². The number of fused-ring (bicyclic) bond motifs is 1. The second kappa shape index (κ2) is 9.41. The first-order chi connectivity index (χ1) is 16.0. The third-order valence-electron chi connectivity index (χ3n) is 6.75. The lowest BCUT2D eigenvalue weighted by Gasteiger charge is -2.31. The van der Waals surface area contributed by atoms with Crippen molar-refractivity contribution in [2.75, 3.05) is 18.4 Å². The van der Waals surface area contributed by atoms with Crippen molar-refractivity contribution in [1.82, 2.24) is 4.31 Å². The smallest absolute Gasteiger partial charge is 0.243 e. The minimum atomic E-state index is -3.54. The number of thiophene rings is 1. The molecule has 0 radical (unpaired) electrons. The van der Waals surface area contributed by atoms with E-state index < -0.39 is 10.0 Å². The van der Waals surface area contributed by atoms with Gasteiger partial charge < -0.3 is 5.32 Å². The molecule has 0 spiro atoms. The highest BCUT2D eigenvalue weighted by molar-refractivity contribution is 7.89. The molecule has 5 rings (SSSR count). The number of benzene rings is 2. The molecule has 1 saturated heterocycles. The van der Waals surface area contributed by atoms with Gasteiger partial charge in [0.05, 0.1) is 4.90 Å². The highest BCUT2D eigenvalue weighted by Crippen LogP contribution is 2.33. The van der Waals surface area contributed by atoms with Gasteiger partial charge in [-0.25, -0.2) is 8.42 Å². The standard InChI is InChI=1S/C26H28N2O3S2/c29-26(27-24-9-4-3-8-23(24)25-10-5-17-32-25)20-13-15-28(16-14-20)33(30,31)22-12-11-19-6-1-2-7-21(19)18-22/h3-5,8-12,17-18,20H,1-2,6-7,13-16H2,(H,27,29). The highest BCUT2D eigenvalue weighted by atomic mass is 32.2. The van der Waals surface area contributed by atoms with Gasteiger partial charge in [0.2, 0.25) is 15.9 Å². The molecule has 5 nitrogen and oxygen atoms in total. The number of rotatable bonds is 5. The van der Waals surface area contributed by atoms with Gasteiger partial charge in [0.15, 0.2) is 0 Å². The van der Waals surface area contributed by atoms with Crippen molar-refractivity contribution in [2.24, 2.45) is 5.92 Å². The maximum absolute atomic E-state index is 13.2. The highest BCUT2D eigenvalue weighted by Gasteiger charge is 2.32. The second-order valence-electron chi connectivity index (χ2n) is 8.83. The molecule has 33 heavy (non-hydrogen) atoms. The van der Waals surface area contributed by atoms with E-state index in [1.807, 2.05) is 53.9 Å². The molecular weight excluding hydrogens is 452 g/mol. The second-order valence-corrected chi connectivity index (χ2v) is 11.7. The molecule has 3 aromatic rings. The van der Waals surface area contributed by atoms with Crippen molar-refractivity contribution >= 4 is 33.0 Å². The molecule has 0 unspecified atom stereocenters. The van der Waals surface area contributed by atoms with Gasteiger partial charge in [0.25, 0.3) is 0 Å². The number of amides is 1. The van der Waals surface area contributed by atoms with E-state index in [1.165, 1.54) is 17.5 Å². The van der Waals surface area contributed by atoms with Crippen molar-refractivity contribution < 1.29 is 13.2 Å². The van der Waals surface area contributed by atoms with Crippen LogP contribution in [-0.2, 0) is 27.7 Å². The summed E-state index contributed by atoms with van der Waals surface area (Å²) in [5.41, 5.74) is 4.25. The number of anilines is 1. The number of nitrogens with one attached hydrogen (secondary N) is 1. The van der Waals surface area contributed by atoms with Gasteiger partial charge in [-0.05, 0) is 79.3 Å². The number of aryl methyl sites for hydroxylation is 2. The zero-order valence-corrected chi connectivity index (χ0v) is 20.1. The van der Waals surface area contributed by atoms with Crippen LogP contribution in [0.25, 0.3) is 10.4 Å². The number of para-hydroxylation sites is 1.